The monoisotopic (exact) mass is 547 g/mol. The van der Waals surface area contributed by atoms with E-state index in [0.717, 1.165) is 55.0 Å². The molecule has 4 aromatic rings. The van der Waals surface area contributed by atoms with Gasteiger partial charge in [-0.15, -0.1) is 12.4 Å². The van der Waals surface area contributed by atoms with Crippen LogP contribution < -0.4 is 16.0 Å². The van der Waals surface area contributed by atoms with Crippen molar-refractivity contribution in [1.82, 2.24) is 4.98 Å². The van der Waals surface area contributed by atoms with Gasteiger partial charge in [0, 0.05) is 31.6 Å². The summed E-state index contributed by atoms with van der Waals surface area (Å²) >= 11 is 4.30. The normalized spacial score (nSPS) is 10.1. The predicted molar refractivity (Wildman–Crippen MR) is 170 cm³/mol. The van der Waals surface area contributed by atoms with Crippen molar-refractivity contribution in [3.05, 3.63) is 96.1 Å². The molecule has 1 aromatic heterocycles. The standard InChI is InChI=1S/C27H30N4.C4H7NS.ClH/c1-20(2)17-29-26-23-15-9-10-16-24(23)30-27(25(26)28)31(18-21-11-5-3-6-12-21)19-22-13-7-4-8-14-22;1-2-3-5-4-6;/h3-16,20H,17-19,28H2,1-2H3,(H,29,30);2-3H2,1H3;1H. The van der Waals surface area contributed by atoms with Gasteiger partial charge in [0.1, 0.15) is 0 Å². The lowest BCUT2D eigenvalue weighted by molar-refractivity contribution is 0.689. The summed E-state index contributed by atoms with van der Waals surface area (Å²) in [5.74, 6) is 1.33. The number of anilines is 3. The number of nitrogens with one attached hydrogen (secondary N) is 1. The van der Waals surface area contributed by atoms with Gasteiger partial charge < -0.3 is 16.0 Å². The highest BCUT2D eigenvalue weighted by Crippen LogP contribution is 2.37. The van der Waals surface area contributed by atoms with Crippen LogP contribution in [-0.2, 0) is 13.1 Å². The maximum Gasteiger partial charge on any atom is 0.155 e. The van der Waals surface area contributed by atoms with Gasteiger partial charge in [0.15, 0.2) is 5.82 Å². The van der Waals surface area contributed by atoms with E-state index < -0.39 is 0 Å². The fourth-order valence-electron chi connectivity index (χ4n) is 3.92. The van der Waals surface area contributed by atoms with E-state index >= 15 is 0 Å². The first-order chi connectivity index (χ1) is 18.0. The van der Waals surface area contributed by atoms with Crippen molar-refractivity contribution in [2.45, 2.75) is 40.3 Å². The number of nitrogen functional groups attached to an aromatic ring is 1. The van der Waals surface area contributed by atoms with E-state index in [0.29, 0.717) is 11.6 Å². The first kappa shape index (κ1) is 30.8. The predicted octanol–water partition coefficient (Wildman–Crippen LogP) is 8.01. The zero-order chi connectivity index (χ0) is 26.5. The molecule has 0 saturated heterocycles. The fraction of sp³-hybridized carbons (Fsp3) is 0.290. The van der Waals surface area contributed by atoms with E-state index in [9.17, 15) is 0 Å². The van der Waals surface area contributed by atoms with E-state index in [1.54, 1.807) is 0 Å². The summed E-state index contributed by atoms with van der Waals surface area (Å²) in [6.07, 6.45) is 1.06. The summed E-state index contributed by atoms with van der Waals surface area (Å²) in [6.45, 7) is 9.59. The lowest BCUT2D eigenvalue weighted by Crippen LogP contribution is -2.25. The number of aromatic nitrogens is 1. The molecule has 38 heavy (non-hydrogen) atoms. The summed E-state index contributed by atoms with van der Waals surface area (Å²) in [5.41, 5.74) is 11.9. The maximum atomic E-state index is 6.78. The lowest BCUT2D eigenvalue weighted by Gasteiger charge is -2.27. The van der Waals surface area contributed by atoms with Crippen LogP contribution in [0.15, 0.2) is 89.9 Å². The minimum atomic E-state index is 0. The Morgan fingerprint density at radius 3 is 1.97 bits per heavy atom. The Morgan fingerprint density at radius 2 is 1.47 bits per heavy atom. The van der Waals surface area contributed by atoms with Crippen LogP contribution in [0.1, 0.15) is 38.3 Å². The number of halogens is 1. The van der Waals surface area contributed by atoms with Crippen LogP contribution in [0.2, 0.25) is 0 Å². The lowest BCUT2D eigenvalue weighted by atomic mass is 10.1. The molecule has 0 spiro atoms. The molecular weight excluding hydrogens is 510 g/mol. The molecule has 7 heteroatoms. The molecule has 0 bridgehead atoms. The van der Waals surface area contributed by atoms with Gasteiger partial charge in [0.2, 0.25) is 0 Å². The van der Waals surface area contributed by atoms with E-state index in [2.05, 4.69) is 114 Å². The Hall–Kier alpha value is -3.44. The fourth-order valence-corrected chi connectivity index (χ4v) is 4.01. The smallest absolute Gasteiger partial charge is 0.155 e. The number of para-hydroxylation sites is 1. The van der Waals surface area contributed by atoms with Crippen molar-refractivity contribution in [3.8, 4) is 0 Å². The van der Waals surface area contributed by atoms with Gasteiger partial charge in [-0.05, 0) is 41.7 Å². The van der Waals surface area contributed by atoms with Crippen molar-refractivity contribution in [2.24, 2.45) is 10.9 Å². The number of aliphatic imine (C=N–C) groups is 1. The molecule has 0 atom stereocenters. The molecule has 3 aromatic carbocycles. The van der Waals surface area contributed by atoms with Crippen LogP contribution in [0, 0.1) is 5.92 Å². The van der Waals surface area contributed by atoms with Crippen LogP contribution in [0.4, 0.5) is 17.2 Å². The molecule has 0 amide bonds. The average Bonchev–Trinajstić information content (AvgIpc) is 2.92. The van der Waals surface area contributed by atoms with E-state index in [1.807, 2.05) is 24.3 Å². The molecule has 0 unspecified atom stereocenters. The van der Waals surface area contributed by atoms with Crippen LogP contribution in [0.3, 0.4) is 0 Å². The number of isothiocyanates is 1. The summed E-state index contributed by atoms with van der Waals surface area (Å²) in [7, 11) is 0. The number of hydrogen-bond donors (Lipinski definition) is 2. The number of benzene rings is 3. The second-order valence-electron chi connectivity index (χ2n) is 9.32. The molecule has 5 nitrogen and oxygen atoms in total. The van der Waals surface area contributed by atoms with Crippen molar-refractivity contribution < 1.29 is 0 Å². The maximum absolute atomic E-state index is 6.78. The zero-order valence-electron chi connectivity index (χ0n) is 22.4. The Kier molecular flexibility index (Phi) is 13.3. The molecule has 0 fully saturated rings. The summed E-state index contributed by atoms with van der Waals surface area (Å²) < 4.78 is 0. The minimum absolute atomic E-state index is 0. The largest absolute Gasteiger partial charge is 0.394 e. The van der Waals surface area contributed by atoms with E-state index in [-0.39, 0.29) is 12.4 Å². The van der Waals surface area contributed by atoms with E-state index in [1.165, 1.54) is 11.1 Å². The molecule has 3 N–H and O–H groups in total. The molecule has 1 heterocycles. The van der Waals surface area contributed by atoms with Crippen LogP contribution in [0.25, 0.3) is 10.9 Å². The molecule has 0 saturated carbocycles. The Morgan fingerprint density at radius 1 is 0.921 bits per heavy atom. The highest BCUT2D eigenvalue weighted by atomic mass is 35.5. The number of thiocarbonyl (C=S) groups is 1. The third-order valence-electron chi connectivity index (χ3n) is 5.73. The Bertz CT molecular complexity index is 1250. The number of hydrogen-bond acceptors (Lipinski definition) is 6. The molecular formula is C31H38ClN5S. The van der Waals surface area contributed by atoms with Gasteiger partial charge in [-0.3, -0.25) is 0 Å². The molecule has 0 aliphatic heterocycles. The Labute approximate surface area is 238 Å². The minimum Gasteiger partial charge on any atom is -0.394 e. The van der Waals surface area contributed by atoms with Crippen molar-refractivity contribution >= 4 is 57.9 Å². The number of nitrogens with two attached hydrogens (primary N) is 1. The summed E-state index contributed by atoms with van der Waals surface area (Å²) in [4.78, 5) is 10.9. The molecule has 4 rings (SSSR count). The van der Waals surface area contributed by atoms with Crippen molar-refractivity contribution in [1.29, 1.82) is 0 Å². The van der Waals surface area contributed by atoms with Gasteiger partial charge in [0.25, 0.3) is 0 Å². The highest BCUT2D eigenvalue weighted by Gasteiger charge is 2.19. The third-order valence-corrected chi connectivity index (χ3v) is 5.86. The SMILES string of the molecule is CC(C)CNc1c(N)c(N(Cc2ccccc2)Cc2ccccc2)nc2ccccc12.CCCN=C=S.Cl. The number of pyridine rings is 1. The number of rotatable bonds is 10. The summed E-state index contributed by atoms with van der Waals surface area (Å²) in [6, 6.07) is 29.2. The number of nitrogens with zero attached hydrogens (tertiary/aromatic N) is 3. The Balaban J connectivity index is 0.000000652. The van der Waals surface area contributed by atoms with Gasteiger partial charge >= 0.3 is 0 Å². The second kappa shape index (κ2) is 16.4. The van der Waals surface area contributed by atoms with Gasteiger partial charge in [-0.1, -0.05) is 99.6 Å². The van der Waals surface area contributed by atoms with E-state index in [4.69, 9.17) is 10.7 Å². The molecule has 0 aliphatic carbocycles. The van der Waals surface area contributed by atoms with Crippen molar-refractivity contribution in [3.63, 3.8) is 0 Å². The zero-order valence-corrected chi connectivity index (χ0v) is 24.1. The van der Waals surface area contributed by atoms with Crippen LogP contribution in [-0.4, -0.2) is 23.2 Å². The van der Waals surface area contributed by atoms with Gasteiger partial charge in [-0.25, -0.2) is 9.98 Å². The topological polar surface area (TPSA) is 66.5 Å². The average molecular weight is 548 g/mol. The van der Waals surface area contributed by atoms with Gasteiger partial charge in [-0.2, -0.15) is 0 Å². The summed E-state index contributed by atoms with van der Waals surface area (Å²) in [5, 5.41) is 6.92. The third kappa shape index (κ3) is 9.14. The van der Waals surface area contributed by atoms with Gasteiger partial charge in [0.05, 0.1) is 22.1 Å². The molecule has 0 aliphatic rings. The molecule has 200 valence electrons. The first-order valence-electron chi connectivity index (χ1n) is 12.8. The van der Waals surface area contributed by atoms with Crippen LogP contribution >= 0.6 is 24.6 Å². The number of fused-ring (bicyclic) bond motifs is 1. The van der Waals surface area contributed by atoms with Crippen LogP contribution in [0.5, 0.6) is 0 Å². The van der Waals surface area contributed by atoms with Crippen molar-refractivity contribution in [2.75, 3.05) is 29.0 Å². The second-order valence-corrected chi connectivity index (χ2v) is 9.50. The quantitative estimate of drug-likeness (QED) is 0.155. The first-order valence-corrected chi connectivity index (χ1v) is 13.2. The highest BCUT2D eigenvalue weighted by molar-refractivity contribution is 7.78. The molecule has 0 radical (unpaired) electrons.